The maximum absolute atomic E-state index is 13.0. The third kappa shape index (κ3) is 4.05. The molecule has 1 heterocycles. The van der Waals surface area contributed by atoms with Gasteiger partial charge in [0.2, 0.25) is 23.1 Å². The molecular weight excluding hydrogens is 402 g/mol. The number of carbonyl (C=O) groups is 3. The first-order chi connectivity index (χ1) is 14.8. The van der Waals surface area contributed by atoms with Gasteiger partial charge in [-0.3, -0.25) is 14.6 Å². The van der Waals surface area contributed by atoms with Gasteiger partial charge in [-0.05, 0) is 43.2 Å². The lowest BCUT2D eigenvalue weighted by atomic mass is 9.87. The van der Waals surface area contributed by atoms with Gasteiger partial charge in [-0.25, -0.2) is 4.79 Å². The van der Waals surface area contributed by atoms with Crippen molar-refractivity contribution in [2.75, 3.05) is 14.2 Å². The van der Waals surface area contributed by atoms with Crippen LogP contribution in [0, 0.1) is 6.92 Å². The van der Waals surface area contributed by atoms with Crippen LogP contribution >= 0.6 is 0 Å². The average molecular weight is 423 g/mol. The summed E-state index contributed by atoms with van der Waals surface area (Å²) in [5, 5.41) is 9.76. The summed E-state index contributed by atoms with van der Waals surface area (Å²) in [6, 6.07) is 6.50. The number of ether oxygens (including phenoxy) is 3. The molecule has 0 saturated heterocycles. The van der Waals surface area contributed by atoms with E-state index in [0.717, 1.165) is 5.56 Å². The summed E-state index contributed by atoms with van der Waals surface area (Å²) in [6.07, 6.45) is 3.25. The number of allylic oxidation sites excluding steroid dienone is 2. The molecule has 0 saturated carbocycles. The molecule has 1 aliphatic carbocycles. The highest BCUT2D eigenvalue weighted by Crippen LogP contribution is 2.35. The summed E-state index contributed by atoms with van der Waals surface area (Å²) in [5.41, 5.74) is 1.63. The molecule has 8 heteroatoms. The highest BCUT2D eigenvalue weighted by Gasteiger charge is 2.36. The van der Waals surface area contributed by atoms with E-state index in [4.69, 9.17) is 14.2 Å². The van der Waals surface area contributed by atoms with Crippen LogP contribution in [0.2, 0.25) is 0 Å². The number of carboxylic acids is 1. The zero-order valence-electron chi connectivity index (χ0n) is 17.5. The van der Waals surface area contributed by atoms with Gasteiger partial charge in [0.15, 0.2) is 0 Å². The zero-order valence-corrected chi connectivity index (χ0v) is 17.5. The number of hydrogen-bond acceptors (Lipinski definition) is 7. The number of aryl methyl sites for hydroxylation is 1. The molecule has 3 rings (SSSR count). The van der Waals surface area contributed by atoms with Crippen LogP contribution < -0.4 is 4.74 Å². The Bertz CT molecular complexity index is 1130. The highest BCUT2D eigenvalue weighted by molar-refractivity contribution is 6.38. The van der Waals surface area contributed by atoms with Crippen molar-refractivity contribution < 1.29 is 33.7 Å². The quantitative estimate of drug-likeness (QED) is 0.676. The van der Waals surface area contributed by atoms with Gasteiger partial charge in [-0.2, -0.15) is 0 Å². The van der Waals surface area contributed by atoms with E-state index in [1.165, 1.54) is 27.2 Å². The number of carboxylic acid groups (broad SMARTS) is 1. The van der Waals surface area contributed by atoms with E-state index < -0.39 is 17.5 Å². The summed E-state index contributed by atoms with van der Waals surface area (Å²) in [7, 11) is 2.54. The Morgan fingerprint density at radius 2 is 1.74 bits per heavy atom. The number of ketones is 2. The molecule has 0 spiro atoms. The Kier molecular flexibility index (Phi) is 6.20. The van der Waals surface area contributed by atoms with E-state index in [2.05, 4.69) is 4.98 Å². The second-order valence-electron chi connectivity index (χ2n) is 6.85. The number of benzene rings is 1. The van der Waals surface area contributed by atoms with Crippen LogP contribution in [0.15, 0.2) is 53.8 Å². The van der Waals surface area contributed by atoms with Crippen molar-refractivity contribution in [3.63, 3.8) is 0 Å². The smallest absolute Gasteiger partial charge is 0.339 e. The Balaban J connectivity index is 2.07. The molecule has 2 aromatic rings. The number of aromatic carboxylic acids is 1. The first kappa shape index (κ1) is 21.8. The van der Waals surface area contributed by atoms with Crippen molar-refractivity contribution in [2.24, 2.45) is 0 Å². The first-order valence-electron chi connectivity index (χ1n) is 9.32. The van der Waals surface area contributed by atoms with E-state index in [9.17, 15) is 19.5 Å². The minimum atomic E-state index is -1.22. The molecule has 8 nitrogen and oxygen atoms in total. The normalized spacial score (nSPS) is 14.1. The predicted molar refractivity (Wildman–Crippen MR) is 110 cm³/mol. The fraction of sp³-hybridized carbons (Fsp3) is 0.217. The number of hydrogen-bond donors (Lipinski definition) is 1. The molecule has 1 N–H and O–H groups in total. The van der Waals surface area contributed by atoms with Crippen LogP contribution in [0.25, 0.3) is 5.57 Å². The molecule has 1 aliphatic rings. The van der Waals surface area contributed by atoms with Crippen LogP contribution in [-0.2, 0) is 25.7 Å². The van der Waals surface area contributed by atoms with Crippen molar-refractivity contribution in [2.45, 2.75) is 20.5 Å². The Morgan fingerprint density at radius 3 is 2.32 bits per heavy atom. The van der Waals surface area contributed by atoms with Crippen molar-refractivity contribution in [3.8, 4) is 5.75 Å². The van der Waals surface area contributed by atoms with Crippen molar-refractivity contribution in [1.29, 1.82) is 0 Å². The van der Waals surface area contributed by atoms with E-state index in [1.807, 2.05) is 6.07 Å². The summed E-state index contributed by atoms with van der Waals surface area (Å²) in [6.45, 7) is 3.29. The summed E-state index contributed by atoms with van der Waals surface area (Å²) in [5.74, 6) is -2.51. The van der Waals surface area contributed by atoms with Gasteiger partial charge in [0.05, 0.1) is 14.2 Å². The van der Waals surface area contributed by atoms with Crippen LogP contribution in [0.1, 0.15) is 34.0 Å². The Hall–Kier alpha value is -3.94. The lowest BCUT2D eigenvalue weighted by molar-refractivity contribution is -0.119. The molecule has 31 heavy (non-hydrogen) atoms. The number of carbonyl (C=O) groups excluding carboxylic acids is 2. The Labute approximate surface area is 178 Å². The molecule has 1 aromatic carbocycles. The number of aromatic nitrogens is 1. The minimum Gasteiger partial charge on any atom is -0.489 e. The van der Waals surface area contributed by atoms with Crippen LogP contribution in [0.5, 0.6) is 5.75 Å². The number of rotatable bonds is 7. The molecule has 0 bridgehead atoms. The van der Waals surface area contributed by atoms with Crippen molar-refractivity contribution in [3.05, 3.63) is 76.0 Å². The molecule has 0 aliphatic heterocycles. The maximum atomic E-state index is 13.0. The SMILES string of the molecule is COC1=C(OC)C(=O)C(c2cc(C)c(OCc3cccnc3)c(C(=O)O)c2)=C(C)C1=O. The number of pyridine rings is 1. The van der Waals surface area contributed by atoms with E-state index in [-0.39, 0.29) is 46.1 Å². The zero-order chi connectivity index (χ0) is 22.7. The molecule has 0 radical (unpaired) electrons. The second-order valence-corrected chi connectivity index (χ2v) is 6.85. The second kappa shape index (κ2) is 8.83. The van der Waals surface area contributed by atoms with Crippen molar-refractivity contribution >= 4 is 23.1 Å². The first-order valence-corrected chi connectivity index (χ1v) is 9.32. The third-order valence-corrected chi connectivity index (χ3v) is 4.87. The molecule has 0 amide bonds. The predicted octanol–water partition coefficient (Wildman–Crippen LogP) is 3.10. The number of Topliss-reactive ketones (excluding diaryl/α,β-unsaturated/α-hetero) is 2. The van der Waals surface area contributed by atoms with Gasteiger partial charge in [0.25, 0.3) is 0 Å². The van der Waals surface area contributed by atoms with E-state index >= 15 is 0 Å². The summed E-state index contributed by atoms with van der Waals surface area (Å²) < 4.78 is 15.9. The highest BCUT2D eigenvalue weighted by atomic mass is 16.5. The maximum Gasteiger partial charge on any atom is 0.339 e. The lowest BCUT2D eigenvalue weighted by Crippen LogP contribution is -2.24. The van der Waals surface area contributed by atoms with Crippen molar-refractivity contribution in [1.82, 2.24) is 4.98 Å². The monoisotopic (exact) mass is 423 g/mol. The van der Waals surface area contributed by atoms with Gasteiger partial charge < -0.3 is 19.3 Å². The van der Waals surface area contributed by atoms with Crippen LogP contribution in [0.4, 0.5) is 0 Å². The van der Waals surface area contributed by atoms with Crippen LogP contribution in [-0.4, -0.2) is 41.8 Å². The average Bonchev–Trinajstić information content (AvgIpc) is 2.75. The van der Waals surface area contributed by atoms with Gasteiger partial charge in [0.1, 0.15) is 17.9 Å². The van der Waals surface area contributed by atoms with Gasteiger partial charge >= 0.3 is 5.97 Å². The summed E-state index contributed by atoms with van der Waals surface area (Å²) in [4.78, 5) is 41.6. The standard InChI is InChI=1S/C23H21NO7/c1-12-8-15(17-13(2)18(25)21(29-3)22(30-4)19(17)26)9-16(23(27)28)20(12)31-11-14-6-5-7-24-10-14/h5-10H,11H2,1-4H3,(H,27,28). The molecule has 1 aromatic heterocycles. The van der Waals surface area contributed by atoms with Gasteiger partial charge in [-0.1, -0.05) is 6.07 Å². The largest absolute Gasteiger partial charge is 0.489 e. The van der Waals surface area contributed by atoms with Gasteiger partial charge in [-0.15, -0.1) is 0 Å². The van der Waals surface area contributed by atoms with E-state index in [1.54, 1.807) is 31.5 Å². The number of nitrogens with zero attached hydrogens (tertiary/aromatic N) is 1. The molecule has 0 atom stereocenters. The third-order valence-electron chi connectivity index (χ3n) is 4.87. The molecule has 160 valence electrons. The fourth-order valence-electron chi connectivity index (χ4n) is 3.40. The minimum absolute atomic E-state index is 0.0621. The van der Waals surface area contributed by atoms with E-state index in [0.29, 0.717) is 5.56 Å². The van der Waals surface area contributed by atoms with Gasteiger partial charge in [0, 0.05) is 29.1 Å². The van der Waals surface area contributed by atoms with Crippen LogP contribution in [0.3, 0.4) is 0 Å². The fourth-order valence-corrected chi connectivity index (χ4v) is 3.40. The summed E-state index contributed by atoms with van der Waals surface area (Å²) >= 11 is 0. The molecule has 0 unspecified atom stereocenters. The lowest BCUT2D eigenvalue weighted by Gasteiger charge is -2.21. The molecule has 0 fully saturated rings. The topological polar surface area (TPSA) is 112 Å². The Morgan fingerprint density at radius 1 is 1.06 bits per heavy atom. The molecular formula is C23H21NO7. The number of methoxy groups -OCH3 is 2.